The van der Waals surface area contributed by atoms with Gasteiger partial charge in [0.1, 0.15) is 6.61 Å². The Bertz CT molecular complexity index is 862. The Hall–Kier alpha value is -2.53. The highest BCUT2D eigenvalue weighted by Gasteiger charge is 2.29. The molecule has 0 bridgehead atoms. The number of hydrogen-bond acceptors (Lipinski definition) is 4. The minimum Gasteiger partial charge on any atom is -0.445 e. The number of nitrogens with zero attached hydrogens (tertiary/aromatic N) is 3. The van der Waals surface area contributed by atoms with Crippen molar-refractivity contribution in [2.24, 2.45) is 0 Å². The topological polar surface area (TPSA) is 36.0 Å². The Kier molecular flexibility index (Phi) is 7.13. The van der Waals surface area contributed by atoms with E-state index in [-0.39, 0.29) is 12.1 Å². The zero-order valence-electron chi connectivity index (χ0n) is 18.9. The van der Waals surface area contributed by atoms with E-state index >= 15 is 0 Å². The maximum absolute atomic E-state index is 12.8. The van der Waals surface area contributed by atoms with Crippen molar-refractivity contribution >= 4 is 11.8 Å². The van der Waals surface area contributed by atoms with E-state index in [1.807, 2.05) is 37.4 Å². The molecule has 1 heterocycles. The molecule has 1 unspecified atom stereocenters. The van der Waals surface area contributed by atoms with Crippen LogP contribution in [0.3, 0.4) is 0 Å². The van der Waals surface area contributed by atoms with Crippen molar-refractivity contribution in [2.45, 2.75) is 45.3 Å². The number of rotatable bonds is 6. The minimum absolute atomic E-state index is 0.0772. The maximum Gasteiger partial charge on any atom is 0.410 e. The Labute approximate surface area is 186 Å². The molecule has 2 aromatic carbocycles. The number of amides is 1. The Morgan fingerprint density at radius 2 is 1.87 bits per heavy atom. The second-order valence-corrected chi connectivity index (χ2v) is 8.77. The summed E-state index contributed by atoms with van der Waals surface area (Å²) in [4.78, 5) is 19.6. The van der Waals surface area contributed by atoms with Crippen LogP contribution in [0.4, 0.5) is 10.5 Å². The number of hydrogen-bond donors (Lipinski definition) is 0. The third-order valence-corrected chi connectivity index (χ3v) is 6.65. The van der Waals surface area contributed by atoms with E-state index in [1.54, 1.807) is 4.90 Å². The van der Waals surface area contributed by atoms with E-state index in [9.17, 15) is 4.79 Å². The molecule has 0 aromatic heterocycles. The number of benzene rings is 2. The van der Waals surface area contributed by atoms with Crippen molar-refractivity contribution in [1.29, 1.82) is 0 Å². The lowest BCUT2D eigenvalue weighted by atomic mass is 9.86. The van der Waals surface area contributed by atoms with E-state index in [0.717, 1.165) is 51.0 Å². The molecule has 1 aliphatic carbocycles. The van der Waals surface area contributed by atoms with Crippen LogP contribution in [0.5, 0.6) is 0 Å². The van der Waals surface area contributed by atoms with Gasteiger partial charge in [-0.2, -0.15) is 0 Å². The number of carbonyl (C=O) groups excluding carboxylic acids is 1. The van der Waals surface area contributed by atoms with E-state index in [2.05, 4.69) is 34.9 Å². The lowest BCUT2D eigenvalue weighted by Crippen LogP contribution is -2.46. The monoisotopic (exact) mass is 421 g/mol. The maximum atomic E-state index is 12.8. The van der Waals surface area contributed by atoms with E-state index < -0.39 is 0 Å². The zero-order chi connectivity index (χ0) is 21.6. The second-order valence-electron chi connectivity index (χ2n) is 8.77. The van der Waals surface area contributed by atoms with Crippen LogP contribution < -0.4 is 4.90 Å². The first kappa shape index (κ1) is 21.7. The summed E-state index contributed by atoms with van der Waals surface area (Å²) in [7, 11) is 1.88. The Morgan fingerprint density at radius 3 is 2.61 bits per heavy atom. The van der Waals surface area contributed by atoms with Gasteiger partial charge in [0.05, 0.1) is 6.04 Å². The average Bonchev–Trinajstić information content (AvgIpc) is 2.82. The van der Waals surface area contributed by atoms with E-state index in [4.69, 9.17) is 4.74 Å². The van der Waals surface area contributed by atoms with Crippen LogP contribution in [-0.2, 0) is 17.8 Å². The van der Waals surface area contributed by atoms with Gasteiger partial charge in [0.2, 0.25) is 0 Å². The van der Waals surface area contributed by atoms with Crippen LogP contribution in [0.15, 0.2) is 48.5 Å². The van der Waals surface area contributed by atoms with Gasteiger partial charge in [-0.15, -0.1) is 0 Å². The van der Waals surface area contributed by atoms with Crippen molar-refractivity contribution in [1.82, 2.24) is 9.80 Å². The quantitative estimate of drug-likeness (QED) is 0.667. The molecule has 0 spiro atoms. The van der Waals surface area contributed by atoms with Crippen LogP contribution in [0.2, 0.25) is 0 Å². The lowest BCUT2D eigenvalue weighted by Gasteiger charge is -2.37. The average molecular weight is 422 g/mol. The Morgan fingerprint density at radius 1 is 1.10 bits per heavy atom. The fraction of sp³-hybridized carbons (Fsp3) is 0.500. The summed E-state index contributed by atoms with van der Waals surface area (Å²) >= 11 is 0. The highest BCUT2D eigenvalue weighted by atomic mass is 16.6. The van der Waals surface area contributed by atoms with Gasteiger partial charge in [-0.25, -0.2) is 4.79 Å². The normalized spacial score (nSPS) is 19.0. The fourth-order valence-electron chi connectivity index (χ4n) is 4.85. The first-order valence-electron chi connectivity index (χ1n) is 11.7. The van der Waals surface area contributed by atoms with Gasteiger partial charge in [-0.05, 0) is 61.1 Å². The predicted molar refractivity (Wildman–Crippen MR) is 125 cm³/mol. The molecule has 5 nitrogen and oxygen atoms in total. The zero-order valence-corrected chi connectivity index (χ0v) is 18.9. The van der Waals surface area contributed by atoms with Crippen LogP contribution in [0.25, 0.3) is 0 Å². The number of carbonyl (C=O) groups is 1. The molecule has 5 heteroatoms. The highest BCUT2D eigenvalue weighted by Crippen LogP contribution is 2.36. The number of fused-ring (bicyclic) bond motifs is 1. The molecule has 1 saturated heterocycles. The largest absolute Gasteiger partial charge is 0.445 e. The third kappa shape index (κ3) is 5.21. The summed E-state index contributed by atoms with van der Waals surface area (Å²) in [6.45, 7) is 8.13. The van der Waals surface area contributed by atoms with Gasteiger partial charge in [0.15, 0.2) is 0 Å². The fourth-order valence-corrected chi connectivity index (χ4v) is 4.85. The standard InChI is InChI=1S/C26H35N3O2/c1-3-14-28-15-17-29(18-16-28)23-13-12-22-10-7-11-25(24(22)19-23)27(2)26(30)31-20-21-8-5-4-6-9-21/h4-6,8-9,12-13,19,25H,3,7,10-11,14-18,20H2,1-2H3. The number of aryl methyl sites for hydroxylation is 1. The van der Waals surface area contributed by atoms with Gasteiger partial charge in [0, 0.05) is 38.9 Å². The van der Waals surface area contributed by atoms with Crippen molar-refractivity contribution in [3.63, 3.8) is 0 Å². The molecule has 31 heavy (non-hydrogen) atoms. The first-order valence-corrected chi connectivity index (χ1v) is 11.7. The molecule has 1 atom stereocenters. The van der Waals surface area contributed by atoms with Crippen molar-refractivity contribution < 1.29 is 9.53 Å². The van der Waals surface area contributed by atoms with Crippen LogP contribution in [0.1, 0.15) is 48.9 Å². The molecule has 4 rings (SSSR count). The van der Waals surface area contributed by atoms with Crippen molar-refractivity contribution in [2.75, 3.05) is 44.7 Å². The second kappa shape index (κ2) is 10.2. The number of piperazine rings is 1. The van der Waals surface area contributed by atoms with Gasteiger partial charge < -0.3 is 14.5 Å². The molecule has 1 fully saturated rings. The van der Waals surface area contributed by atoms with Gasteiger partial charge in [-0.3, -0.25) is 4.90 Å². The van der Waals surface area contributed by atoms with Crippen molar-refractivity contribution in [3.05, 3.63) is 65.2 Å². The third-order valence-electron chi connectivity index (χ3n) is 6.65. The van der Waals surface area contributed by atoms with Crippen molar-refractivity contribution in [3.8, 4) is 0 Å². The summed E-state index contributed by atoms with van der Waals surface area (Å²) in [6, 6.07) is 16.8. The summed E-state index contributed by atoms with van der Waals surface area (Å²) < 4.78 is 5.61. The van der Waals surface area contributed by atoms with Crippen LogP contribution in [-0.4, -0.2) is 55.7 Å². The van der Waals surface area contributed by atoms with E-state index in [0.29, 0.717) is 6.61 Å². The molecular weight excluding hydrogens is 386 g/mol. The molecule has 1 amide bonds. The van der Waals surface area contributed by atoms with Gasteiger partial charge >= 0.3 is 6.09 Å². The molecule has 0 saturated carbocycles. The molecule has 2 aromatic rings. The summed E-state index contributed by atoms with van der Waals surface area (Å²) in [5, 5.41) is 0. The molecular formula is C26H35N3O2. The Balaban J connectivity index is 1.44. The summed E-state index contributed by atoms with van der Waals surface area (Å²) in [5.74, 6) is 0. The molecule has 1 aliphatic heterocycles. The minimum atomic E-state index is -0.250. The molecule has 0 radical (unpaired) electrons. The first-order chi connectivity index (χ1) is 15.2. The van der Waals surface area contributed by atoms with Gasteiger partial charge in [-0.1, -0.05) is 43.3 Å². The van der Waals surface area contributed by atoms with Gasteiger partial charge in [0.25, 0.3) is 0 Å². The predicted octanol–water partition coefficient (Wildman–Crippen LogP) is 4.86. The lowest BCUT2D eigenvalue weighted by molar-refractivity contribution is 0.0876. The molecule has 2 aliphatic rings. The number of anilines is 1. The SMILES string of the molecule is CCCN1CCN(c2ccc3c(c2)C(N(C)C(=O)OCc2ccccc2)CCC3)CC1. The highest BCUT2D eigenvalue weighted by molar-refractivity contribution is 5.68. The van der Waals surface area contributed by atoms with E-state index in [1.165, 1.54) is 29.8 Å². The molecule has 0 N–H and O–H groups in total. The number of ether oxygens (including phenoxy) is 1. The summed E-state index contributed by atoms with van der Waals surface area (Å²) in [5.41, 5.74) is 4.96. The molecule has 166 valence electrons. The van der Waals surface area contributed by atoms with Crippen LogP contribution >= 0.6 is 0 Å². The summed E-state index contributed by atoms with van der Waals surface area (Å²) in [6.07, 6.45) is 4.14. The van der Waals surface area contributed by atoms with Crippen LogP contribution in [0, 0.1) is 0 Å². The smallest absolute Gasteiger partial charge is 0.410 e.